The number of hydrogen-bond acceptors (Lipinski definition) is 6. The maximum absolute atomic E-state index is 13.2. The van der Waals surface area contributed by atoms with Gasteiger partial charge in [0.05, 0.1) is 11.1 Å². The molecular formula is C21H21N5OS2. The highest BCUT2D eigenvalue weighted by molar-refractivity contribution is 7.98. The number of hydrogen-bond donors (Lipinski definition) is 0. The molecule has 0 atom stereocenters. The third-order valence-corrected chi connectivity index (χ3v) is 7.46. The number of nitrogens with zero attached hydrogens (tertiary/aromatic N) is 5. The number of thiophene rings is 1. The fraction of sp³-hybridized carbons (Fsp3) is 0.333. The first-order valence-electron chi connectivity index (χ1n) is 9.66. The zero-order valence-electron chi connectivity index (χ0n) is 16.4. The van der Waals surface area contributed by atoms with Crippen LogP contribution < -0.4 is 5.56 Å². The van der Waals surface area contributed by atoms with E-state index >= 15 is 0 Å². The van der Waals surface area contributed by atoms with Gasteiger partial charge in [0.2, 0.25) is 5.78 Å². The molecule has 0 amide bonds. The monoisotopic (exact) mass is 423 g/mol. The van der Waals surface area contributed by atoms with Crippen molar-refractivity contribution < 1.29 is 0 Å². The lowest BCUT2D eigenvalue weighted by Crippen LogP contribution is -2.22. The molecule has 0 fully saturated rings. The molecule has 148 valence electrons. The first kappa shape index (κ1) is 18.6. The Morgan fingerprint density at radius 2 is 2.14 bits per heavy atom. The summed E-state index contributed by atoms with van der Waals surface area (Å²) >= 11 is 3.22. The van der Waals surface area contributed by atoms with Gasteiger partial charge in [-0.3, -0.25) is 13.8 Å². The summed E-state index contributed by atoms with van der Waals surface area (Å²) in [5.41, 5.74) is 4.25. The highest BCUT2D eigenvalue weighted by Crippen LogP contribution is 2.35. The Morgan fingerprint density at radius 3 is 2.97 bits per heavy atom. The van der Waals surface area contributed by atoms with Gasteiger partial charge in [-0.2, -0.15) is 0 Å². The number of aromatic nitrogens is 5. The van der Waals surface area contributed by atoms with Crippen molar-refractivity contribution in [1.82, 2.24) is 23.9 Å². The lowest BCUT2D eigenvalue weighted by atomic mass is 10.2. The molecule has 0 aromatic carbocycles. The molecule has 4 aromatic rings. The topological polar surface area (TPSA) is 65.1 Å². The normalized spacial score (nSPS) is 13.4. The van der Waals surface area contributed by atoms with Crippen LogP contribution in [-0.4, -0.2) is 23.9 Å². The summed E-state index contributed by atoms with van der Waals surface area (Å²) in [7, 11) is 0. The highest BCUT2D eigenvalue weighted by atomic mass is 32.2. The van der Waals surface area contributed by atoms with Crippen LogP contribution in [0.3, 0.4) is 0 Å². The van der Waals surface area contributed by atoms with E-state index in [4.69, 9.17) is 4.98 Å². The molecule has 0 saturated carbocycles. The second-order valence-electron chi connectivity index (χ2n) is 7.37. The van der Waals surface area contributed by atoms with Crippen LogP contribution in [0.2, 0.25) is 0 Å². The van der Waals surface area contributed by atoms with Gasteiger partial charge in [-0.05, 0) is 44.7 Å². The van der Waals surface area contributed by atoms with Gasteiger partial charge in [-0.15, -0.1) is 17.9 Å². The molecule has 4 heterocycles. The smallest absolute Gasteiger partial charge is 0.263 e. The number of allylic oxidation sites excluding steroid dienone is 1. The minimum Gasteiger partial charge on any atom is -0.288 e. The average molecular weight is 424 g/mol. The molecule has 4 aromatic heterocycles. The van der Waals surface area contributed by atoms with Gasteiger partial charge in [-0.25, -0.2) is 15.0 Å². The maximum atomic E-state index is 13.2. The second-order valence-corrected chi connectivity index (χ2v) is 9.39. The van der Waals surface area contributed by atoms with Gasteiger partial charge in [0.25, 0.3) is 5.56 Å². The van der Waals surface area contributed by atoms with Crippen LogP contribution in [0.15, 0.2) is 34.9 Å². The molecule has 29 heavy (non-hydrogen) atoms. The summed E-state index contributed by atoms with van der Waals surface area (Å²) in [4.78, 5) is 29.4. The third kappa shape index (κ3) is 3.11. The molecule has 0 N–H and O–H groups in total. The van der Waals surface area contributed by atoms with E-state index in [0.717, 1.165) is 51.7 Å². The Balaban J connectivity index is 1.53. The fourth-order valence-corrected chi connectivity index (χ4v) is 6.18. The standard InChI is InChI=1S/C21H21N5OS2/c1-4-8-25-19(27)17-15-6-5-7-16(15)29-18(17)24-21(25)28-11-14-10-26-13(3)9-12(2)22-20(26)23-14/h4,9-10H,1,5-8,11H2,2-3H3. The number of fused-ring (bicyclic) bond motifs is 4. The van der Waals surface area contributed by atoms with E-state index in [9.17, 15) is 4.79 Å². The van der Waals surface area contributed by atoms with Gasteiger partial charge in [0, 0.05) is 34.8 Å². The molecular weight excluding hydrogens is 402 g/mol. The van der Waals surface area contributed by atoms with Crippen molar-refractivity contribution in [1.29, 1.82) is 0 Å². The first-order valence-corrected chi connectivity index (χ1v) is 11.5. The van der Waals surface area contributed by atoms with Gasteiger partial charge in [0.15, 0.2) is 5.16 Å². The zero-order valence-corrected chi connectivity index (χ0v) is 18.1. The average Bonchev–Trinajstić information content (AvgIpc) is 3.36. The van der Waals surface area contributed by atoms with E-state index in [1.54, 1.807) is 33.7 Å². The van der Waals surface area contributed by atoms with Crippen LogP contribution >= 0.6 is 23.1 Å². The SMILES string of the molecule is C=CCn1c(SCc2cn3c(C)cc(C)nc3n2)nc2sc3c(c2c1=O)CCC3. The molecule has 6 nitrogen and oxygen atoms in total. The second kappa shape index (κ2) is 7.11. The Kier molecular flexibility index (Phi) is 4.55. The van der Waals surface area contributed by atoms with Crippen LogP contribution in [0.4, 0.5) is 0 Å². The van der Waals surface area contributed by atoms with E-state index < -0.39 is 0 Å². The van der Waals surface area contributed by atoms with Crippen molar-refractivity contribution in [2.75, 3.05) is 0 Å². The Morgan fingerprint density at radius 1 is 1.28 bits per heavy atom. The van der Waals surface area contributed by atoms with E-state index in [1.165, 1.54) is 10.4 Å². The predicted octanol–water partition coefficient (Wildman–Crippen LogP) is 4.08. The zero-order chi connectivity index (χ0) is 20.1. The van der Waals surface area contributed by atoms with Crippen LogP contribution in [0, 0.1) is 13.8 Å². The molecule has 0 aliphatic heterocycles. The van der Waals surface area contributed by atoms with Crippen molar-refractivity contribution in [3.8, 4) is 0 Å². The summed E-state index contributed by atoms with van der Waals surface area (Å²) in [6.45, 7) is 8.31. The third-order valence-electron chi connectivity index (χ3n) is 5.26. The number of rotatable bonds is 5. The van der Waals surface area contributed by atoms with E-state index in [2.05, 4.69) is 16.5 Å². The Hall–Kier alpha value is -2.45. The number of imidazole rings is 1. The van der Waals surface area contributed by atoms with Crippen molar-refractivity contribution in [2.24, 2.45) is 0 Å². The summed E-state index contributed by atoms with van der Waals surface area (Å²) in [6, 6.07) is 2.04. The molecule has 0 bridgehead atoms. The van der Waals surface area contributed by atoms with Gasteiger partial charge >= 0.3 is 0 Å². The van der Waals surface area contributed by atoms with Gasteiger partial charge in [0.1, 0.15) is 4.83 Å². The highest BCUT2D eigenvalue weighted by Gasteiger charge is 2.23. The van der Waals surface area contributed by atoms with Gasteiger partial charge in [-0.1, -0.05) is 17.8 Å². The maximum Gasteiger partial charge on any atom is 0.263 e. The lowest BCUT2D eigenvalue weighted by molar-refractivity contribution is 0.672. The fourth-order valence-electron chi connectivity index (χ4n) is 3.98. The summed E-state index contributed by atoms with van der Waals surface area (Å²) in [5.74, 6) is 1.34. The first-order chi connectivity index (χ1) is 14.0. The van der Waals surface area contributed by atoms with Gasteiger partial charge < -0.3 is 0 Å². The molecule has 0 saturated heterocycles. The van der Waals surface area contributed by atoms with Crippen LogP contribution in [-0.2, 0) is 25.1 Å². The lowest BCUT2D eigenvalue weighted by Gasteiger charge is -2.09. The predicted molar refractivity (Wildman–Crippen MR) is 118 cm³/mol. The van der Waals surface area contributed by atoms with Crippen molar-refractivity contribution in [3.63, 3.8) is 0 Å². The Labute approximate surface area is 176 Å². The van der Waals surface area contributed by atoms with Crippen LogP contribution in [0.5, 0.6) is 0 Å². The minimum absolute atomic E-state index is 0.0555. The number of thioether (sulfide) groups is 1. The molecule has 0 unspecified atom stereocenters. The number of aryl methyl sites for hydroxylation is 4. The van der Waals surface area contributed by atoms with E-state index in [0.29, 0.717) is 18.1 Å². The van der Waals surface area contributed by atoms with Crippen molar-refractivity contribution in [3.05, 3.63) is 62.8 Å². The molecule has 0 radical (unpaired) electrons. The van der Waals surface area contributed by atoms with Crippen LogP contribution in [0.25, 0.3) is 16.0 Å². The molecule has 8 heteroatoms. The van der Waals surface area contributed by atoms with Crippen molar-refractivity contribution >= 4 is 39.1 Å². The summed E-state index contributed by atoms with van der Waals surface area (Å²) in [6.07, 6.45) is 6.95. The molecule has 1 aliphatic rings. The van der Waals surface area contributed by atoms with E-state index in [-0.39, 0.29) is 5.56 Å². The quantitative estimate of drug-likeness (QED) is 0.275. The minimum atomic E-state index is 0.0555. The van der Waals surface area contributed by atoms with Crippen molar-refractivity contribution in [2.45, 2.75) is 50.6 Å². The largest absolute Gasteiger partial charge is 0.288 e. The van der Waals surface area contributed by atoms with Crippen LogP contribution in [0.1, 0.15) is 33.9 Å². The molecule has 5 rings (SSSR count). The summed E-state index contributed by atoms with van der Waals surface area (Å²) in [5, 5.41) is 1.54. The Bertz CT molecular complexity index is 1330. The molecule has 0 spiro atoms. The van der Waals surface area contributed by atoms with E-state index in [1.807, 2.05) is 30.5 Å². The summed E-state index contributed by atoms with van der Waals surface area (Å²) < 4.78 is 3.74. The molecule has 1 aliphatic carbocycles.